The van der Waals surface area contributed by atoms with Crippen LogP contribution >= 0.6 is 0 Å². The summed E-state index contributed by atoms with van der Waals surface area (Å²) >= 11 is 0. The van der Waals surface area contributed by atoms with E-state index >= 15 is 0 Å². The van der Waals surface area contributed by atoms with Crippen LogP contribution in [0.5, 0.6) is 0 Å². The summed E-state index contributed by atoms with van der Waals surface area (Å²) in [6.07, 6.45) is 4.94. The Morgan fingerprint density at radius 1 is 1.32 bits per heavy atom. The van der Waals surface area contributed by atoms with Gasteiger partial charge < -0.3 is 10.1 Å². The van der Waals surface area contributed by atoms with E-state index in [2.05, 4.69) is 15.3 Å². The van der Waals surface area contributed by atoms with Gasteiger partial charge in [0, 0.05) is 30.2 Å². The van der Waals surface area contributed by atoms with E-state index in [9.17, 15) is 4.79 Å². The van der Waals surface area contributed by atoms with Crippen LogP contribution in [0.2, 0.25) is 0 Å². The predicted molar refractivity (Wildman–Crippen MR) is 71.9 cm³/mol. The van der Waals surface area contributed by atoms with Gasteiger partial charge in [0.1, 0.15) is 6.33 Å². The maximum Gasteiger partial charge on any atom is 0.339 e. The Balaban J connectivity index is 2.18. The quantitative estimate of drug-likeness (QED) is 0.850. The number of benzene rings is 1. The number of aryl methyl sites for hydroxylation is 1. The molecule has 0 amide bonds. The van der Waals surface area contributed by atoms with Gasteiger partial charge in [-0.15, -0.1) is 0 Å². The number of ether oxygens (including phenoxy) is 1. The van der Waals surface area contributed by atoms with E-state index in [-0.39, 0.29) is 5.97 Å². The van der Waals surface area contributed by atoms with Crippen LogP contribution in [0.25, 0.3) is 0 Å². The van der Waals surface area contributed by atoms with Gasteiger partial charge >= 0.3 is 5.97 Å². The molecule has 0 saturated heterocycles. The second-order valence-corrected chi connectivity index (χ2v) is 4.14. The first-order valence-corrected chi connectivity index (χ1v) is 5.87. The van der Waals surface area contributed by atoms with Crippen molar-refractivity contribution in [3.05, 3.63) is 53.6 Å². The van der Waals surface area contributed by atoms with Crippen molar-refractivity contribution in [2.24, 2.45) is 0 Å². The molecule has 1 aromatic carbocycles. The van der Waals surface area contributed by atoms with Crippen molar-refractivity contribution in [2.45, 2.75) is 13.5 Å². The van der Waals surface area contributed by atoms with Gasteiger partial charge in [-0.1, -0.05) is 11.6 Å². The van der Waals surface area contributed by atoms with E-state index in [1.807, 2.05) is 19.1 Å². The average Bonchev–Trinajstić information content (AvgIpc) is 2.46. The fraction of sp³-hybridized carbons (Fsp3) is 0.214. The van der Waals surface area contributed by atoms with Gasteiger partial charge in [-0.3, -0.25) is 0 Å². The summed E-state index contributed by atoms with van der Waals surface area (Å²) in [5.74, 6) is -0.351. The number of hydrogen-bond acceptors (Lipinski definition) is 5. The van der Waals surface area contributed by atoms with E-state index in [4.69, 9.17) is 4.74 Å². The molecule has 0 bridgehead atoms. The summed E-state index contributed by atoms with van der Waals surface area (Å²) in [4.78, 5) is 19.6. The molecular weight excluding hydrogens is 242 g/mol. The molecule has 0 aliphatic carbocycles. The maximum absolute atomic E-state index is 11.7. The number of rotatable bonds is 4. The molecule has 0 aliphatic rings. The number of anilines is 1. The third kappa shape index (κ3) is 3.28. The van der Waals surface area contributed by atoms with Gasteiger partial charge in [-0.25, -0.2) is 14.8 Å². The fourth-order valence-corrected chi connectivity index (χ4v) is 1.71. The zero-order valence-electron chi connectivity index (χ0n) is 10.9. The van der Waals surface area contributed by atoms with Gasteiger partial charge in [0.15, 0.2) is 0 Å². The third-order valence-corrected chi connectivity index (χ3v) is 2.68. The molecule has 5 heteroatoms. The molecule has 19 heavy (non-hydrogen) atoms. The van der Waals surface area contributed by atoms with Crippen LogP contribution < -0.4 is 5.32 Å². The number of nitrogens with one attached hydrogen (secondary N) is 1. The Kier molecular flexibility index (Phi) is 4.07. The van der Waals surface area contributed by atoms with Crippen molar-refractivity contribution in [2.75, 3.05) is 12.4 Å². The van der Waals surface area contributed by atoms with E-state index in [1.165, 1.54) is 13.4 Å². The first-order chi connectivity index (χ1) is 9.20. The minimum Gasteiger partial charge on any atom is -0.465 e. The van der Waals surface area contributed by atoms with Gasteiger partial charge in [-0.05, 0) is 19.1 Å². The molecule has 5 nitrogen and oxygen atoms in total. The van der Waals surface area contributed by atoms with Gasteiger partial charge in [0.05, 0.1) is 12.7 Å². The standard InChI is InChI=1S/C14H15N3O2/c1-10-3-4-13(12(5-10)14(18)19-2)17-8-11-6-15-9-16-7-11/h3-7,9,17H,8H2,1-2H3. The molecule has 1 aromatic heterocycles. The number of aromatic nitrogens is 2. The molecule has 2 aromatic rings. The second kappa shape index (κ2) is 5.95. The lowest BCUT2D eigenvalue weighted by Crippen LogP contribution is -2.09. The van der Waals surface area contributed by atoms with E-state index in [0.717, 1.165) is 16.8 Å². The molecule has 2 rings (SSSR count). The molecular formula is C14H15N3O2. The highest BCUT2D eigenvalue weighted by molar-refractivity contribution is 5.95. The molecule has 0 atom stereocenters. The minimum absolute atomic E-state index is 0.351. The highest BCUT2D eigenvalue weighted by Crippen LogP contribution is 2.19. The Hall–Kier alpha value is -2.43. The molecule has 1 N–H and O–H groups in total. The predicted octanol–water partition coefficient (Wildman–Crippen LogP) is 2.18. The average molecular weight is 257 g/mol. The van der Waals surface area contributed by atoms with Crippen LogP contribution in [0.15, 0.2) is 36.9 Å². The van der Waals surface area contributed by atoms with E-state index < -0.39 is 0 Å². The van der Waals surface area contributed by atoms with Crippen LogP contribution in [-0.2, 0) is 11.3 Å². The molecule has 0 fully saturated rings. The number of carbonyl (C=O) groups is 1. The summed E-state index contributed by atoms with van der Waals surface area (Å²) in [5, 5.41) is 3.19. The molecule has 0 unspecified atom stereocenters. The summed E-state index contributed by atoms with van der Waals surface area (Å²) in [7, 11) is 1.37. The number of methoxy groups -OCH3 is 1. The molecule has 0 radical (unpaired) electrons. The van der Waals surface area contributed by atoms with Crippen molar-refractivity contribution in [1.29, 1.82) is 0 Å². The first-order valence-electron chi connectivity index (χ1n) is 5.87. The normalized spacial score (nSPS) is 10.0. The Bertz CT molecular complexity index is 570. The molecule has 0 spiro atoms. The number of esters is 1. The van der Waals surface area contributed by atoms with Crippen LogP contribution in [0.3, 0.4) is 0 Å². The Morgan fingerprint density at radius 2 is 2.05 bits per heavy atom. The monoisotopic (exact) mass is 257 g/mol. The first kappa shape index (κ1) is 13.0. The molecule has 98 valence electrons. The smallest absolute Gasteiger partial charge is 0.339 e. The molecule has 0 aliphatic heterocycles. The summed E-state index contributed by atoms with van der Waals surface area (Å²) in [5.41, 5.74) is 3.22. The second-order valence-electron chi connectivity index (χ2n) is 4.14. The van der Waals surface area contributed by atoms with Crippen LogP contribution in [-0.4, -0.2) is 23.0 Å². The Labute approximate surface area is 111 Å². The zero-order valence-corrected chi connectivity index (χ0v) is 10.9. The highest BCUT2D eigenvalue weighted by Gasteiger charge is 2.11. The highest BCUT2D eigenvalue weighted by atomic mass is 16.5. The number of carbonyl (C=O) groups excluding carboxylic acids is 1. The molecule has 0 saturated carbocycles. The van der Waals surface area contributed by atoms with Crippen LogP contribution in [0.4, 0.5) is 5.69 Å². The lowest BCUT2D eigenvalue weighted by atomic mass is 10.1. The lowest BCUT2D eigenvalue weighted by molar-refractivity contribution is 0.0601. The van der Waals surface area contributed by atoms with Crippen molar-refractivity contribution in [3.8, 4) is 0 Å². The summed E-state index contributed by atoms with van der Waals surface area (Å²) in [6, 6.07) is 5.61. The van der Waals surface area contributed by atoms with Crippen molar-refractivity contribution in [3.63, 3.8) is 0 Å². The molecule has 1 heterocycles. The van der Waals surface area contributed by atoms with E-state index in [1.54, 1.807) is 18.5 Å². The van der Waals surface area contributed by atoms with Crippen molar-refractivity contribution < 1.29 is 9.53 Å². The number of hydrogen-bond donors (Lipinski definition) is 1. The van der Waals surface area contributed by atoms with Gasteiger partial charge in [-0.2, -0.15) is 0 Å². The van der Waals surface area contributed by atoms with Gasteiger partial charge in [0.25, 0.3) is 0 Å². The zero-order chi connectivity index (χ0) is 13.7. The van der Waals surface area contributed by atoms with Crippen molar-refractivity contribution in [1.82, 2.24) is 9.97 Å². The maximum atomic E-state index is 11.7. The Morgan fingerprint density at radius 3 is 2.74 bits per heavy atom. The van der Waals surface area contributed by atoms with Crippen LogP contribution in [0, 0.1) is 6.92 Å². The van der Waals surface area contributed by atoms with E-state index in [0.29, 0.717) is 12.1 Å². The largest absolute Gasteiger partial charge is 0.465 e. The SMILES string of the molecule is COC(=O)c1cc(C)ccc1NCc1cncnc1. The minimum atomic E-state index is -0.351. The number of nitrogens with zero attached hydrogens (tertiary/aromatic N) is 2. The third-order valence-electron chi connectivity index (χ3n) is 2.68. The fourth-order valence-electron chi connectivity index (χ4n) is 1.71. The summed E-state index contributed by atoms with van der Waals surface area (Å²) < 4.78 is 4.78. The van der Waals surface area contributed by atoms with Crippen molar-refractivity contribution >= 4 is 11.7 Å². The van der Waals surface area contributed by atoms with Crippen LogP contribution in [0.1, 0.15) is 21.5 Å². The summed E-state index contributed by atoms with van der Waals surface area (Å²) in [6.45, 7) is 2.48. The topological polar surface area (TPSA) is 64.1 Å². The van der Waals surface area contributed by atoms with Gasteiger partial charge in [0.2, 0.25) is 0 Å². The lowest BCUT2D eigenvalue weighted by Gasteiger charge is -2.11.